The number of fused-ring (bicyclic) bond motifs is 1. The molecule has 1 unspecified atom stereocenters. The van der Waals surface area contributed by atoms with Crippen molar-refractivity contribution in [1.82, 2.24) is 10.6 Å². The van der Waals surface area contributed by atoms with E-state index in [1.54, 1.807) is 6.92 Å². The van der Waals surface area contributed by atoms with Crippen LogP contribution in [0.25, 0.3) is 10.8 Å². The van der Waals surface area contributed by atoms with Crippen molar-refractivity contribution in [2.24, 2.45) is 23.5 Å². The average molecular weight is 599 g/mol. The Balaban J connectivity index is 2.45. The maximum atomic E-state index is 14.2. The van der Waals surface area contributed by atoms with Crippen LogP contribution in [0.2, 0.25) is 0 Å². The number of nitrogens with one attached hydrogen (secondary N) is 2. The fourth-order valence-corrected chi connectivity index (χ4v) is 5.37. The van der Waals surface area contributed by atoms with E-state index in [0.29, 0.717) is 31.5 Å². The Labute approximate surface area is 257 Å². The molecule has 0 spiro atoms. The van der Waals surface area contributed by atoms with Gasteiger partial charge in [-0.15, -0.1) is 0 Å². The Morgan fingerprint density at radius 2 is 1.58 bits per heavy atom. The van der Waals surface area contributed by atoms with Gasteiger partial charge in [0.2, 0.25) is 17.7 Å². The number of amides is 3. The Bertz CT molecular complexity index is 1160. The van der Waals surface area contributed by atoms with Crippen molar-refractivity contribution < 1.29 is 24.6 Å². The molecule has 2 aromatic rings. The van der Waals surface area contributed by atoms with E-state index < -0.39 is 30.1 Å². The predicted molar refractivity (Wildman–Crippen MR) is 173 cm³/mol. The van der Waals surface area contributed by atoms with Gasteiger partial charge in [0.05, 0.1) is 23.9 Å². The van der Waals surface area contributed by atoms with Crippen LogP contribution in [0.5, 0.6) is 0 Å². The van der Waals surface area contributed by atoms with E-state index in [-0.39, 0.29) is 49.0 Å². The molecule has 0 heterocycles. The number of nitrogens with two attached hydrogens (primary N) is 1. The standard InChI is InChI=1S/C34H54N4O5/c1-7-8-15-30(38(34(43)24(6)35)29-16-11-13-25-12-9-10-14-27(25)29)33(42)37-28(19-22(2)3)31(40)20-26(17-18-39)32(41)36-21-23(4)5/h9-14,16,22-24,26,28,30-31,39-40H,7-8,15,17-21,35H2,1-6H3,(H,36,41)(H,37,42)/t24-,26?,28-,30-,31-/m0/s1. The molecule has 0 aliphatic rings. The third-order valence-electron chi connectivity index (χ3n) is 7.67. The van der Waals surface area contributed by atoms with Crippen molar-refractivity contribution in [3.8, 4) is 0 Å². The summed E-state index contributed by atoms with van der Waals surface area (Å²) in [5.41, 5.74) is 6.75. The molecule has 0 aromatic heterocycles. The molecule has 0 bridgehead atoms. The van der Waals surface area contributed by atoms with Crippen LogP contribution in [0.1, 0.15) is 80.1 Å². The molecule has 0 saturated carbocycles. The fraction of sp³-hybridized carbons (Fsp3) is 0.618. The molecule has 5 atom stereocenters. The van der Waals surface area contributed by atoms with Gasteiger partial charge in [-0.2, -0.15) is 0 Å². The van der Waals surface area contributed by atoms with Crippen molar-refractivity contribution >= 4 is 34.2 Å². The first-order valence-electron chi connectivity index (χ1n) is 15.8. The summed E-state index contributed by atoms with van der Waals surface area (Å²) >= 11 is 0. The lowest BCUT2D eigenvalue weighted by atomic mass is 9.89. The van der Waals surface area contributed by atoms with Gasteiger partial charge < -0.3 is 26.6 Å². The second-order valence-corrected chi connectivity index (χ2v) is 12.5. The quantitative estimate of drug-likeness (QED) is 0.175. The highest BCUT2D eigenvalue weighted by atomic mass is 16.3. The fourth-order valence-electron chi connectivity index (χ4n) is 5.37. The molecule has 9 heteroatoms. The molecule has 6 N–H and O–H groups in total. The third kappa shape index (κ3) is 10.9. The second-order valence-electron chi connectivity index (χ2n) is 12.5. The first-order valence-corrected chi connectivity index (χ1v) is 15.8. The number of aliphatic hydroxyl groups excluding tert-OH is 2. The summed E-state index contributed by atoms with van der Waals surface area (Å²) in [5.74, 6) is -1.16. The molecular formula is C34H54N4O5. The van der Waals surface area contributed by atoms with Crippen LogP contribution in [0.4, 0.5) is 5.69 Å². The zero-order valence-corrected chi connectivity index (χ0v) is 26.9. The van der Waals surface area contributed by atoms with Crippen LogP contribution < -0.4 is 21.3 Å². The molecule has 0 radical (unpaired) electrons. The summed E-state index contributed by atoms with van der Waals surface area (Å²) in [7, 11) is 0. The minimum Gasteiger partial charge on any atom is -0.396 e. The van der Waals surface area contributed by atoms with Gasteiger partial charge in [-0.1, -0.05) is 83.9 Å². The van der Waals surface area contributed by atoms with Gasteiger partial charge in [-0.05, 0) is 55.9 Å². The maximum absolute atomic E-state index is 14.2. The number of nitrogens with zero attached hydrogens (tertiary/aromatic N) is 1. The zero-order valence-electron chi connectivity index (χ0n) is 26.9. The summed E-state index contributed by atoms with van der Waals surface area (Å²) in [6.07, 6.45) is 1.69. The van der Waals surface area contributed by atoms with E-state index in [2.05, 4.69) is 10.6 Å². The Kier molecular flexibility index (Phi) is 15.1. The highest BCUT2D eigenvalue weighted by Crippen LogP contribution is 2.30. The lowest BCUT2D eigenvalue weighted by Gasteiger charge is -2.35. The summed E-state index contributed by atoms with van der Waals surface area (Å²) < 4.78 is 0. The molecule has 0 aliphatic carbocycles. The second kappa shape index (κ2) is 18.0. The molecule has 0 fully saturated rings. The molecule has 9 nitrogen and oxygen atoms in total. The van der Waals surface area contributed by atoms with Gasteiger partial charge >= 0.3 is 0 Å². The van der Waals surface area contributed by atoms with Crippen molar-refractivity contribution in [3.05, 3.63) is 42.5 Å². The van der Waals surface area contributed by atoms with Gasteiger partial charge in [-0.25, -0.2) is 0 Å². The molecule has 0 aliphatic heterocycles. The van der Waals surface area contributed by atoms with Crippen molar-refractivity contribution in [2.75, 3.05) is 18.1 Å². The number of carbonyl (C=O) groups is 3. The number of anilines is 1. The van der Waals surface area contributed by atoms with E-state index in [1.165, 1.54) is 4.90 Å². The van der Waals surface area contributed by atoms with E-state index in [9.17, 15) is 24.6 Å². The zero-order chi connectivity index (χ0) is 32.1. The van der Waals surface area contributed by atoms with Crippen molar-refractivity contribution in [2.45, 2.75) is 104 Å². The highest BCUT2D eigenvalue weighted by molar-refractivity contribution is 6.09. The van der Waals surface area contributed by atoms with Gasteiger partial charge in [0, 0.05) is 24.5 Å². The number of hydrogen-bond acceptors (Lipinski definition) is 6. The molecule has 3 amide bonds. The maximum Gasteiger partial charge on any atom is 0.244 e. The smallest absolute Gasteiger partial charge is 0.244 e. The number of unbranched alkanes of at least 4 members (excludes halogenated alkanes) is 1. The van der Waals surface area contributed by atoms with Crippen molar-refractivity contribution in [1.29, 1.82) is 0 Å². The van der Waals surface area contributed by atoms with Crippen LogP contribution in [0.15, 0.2) is 42.5 Å². The minimum absolute atomic E-state index is 0.0909. The van der Waals surface area contributed by atoms with Gasteiger partial charge in [0.15, 0.2) is 0 Å². The Morgan fingerprint density at radius 1 is 0.907 bits per heavy atom. The first-order chi connectivity index (χ1) is 20.4. The Morgan fingerprint density at radius 3 is 2.19 bits per heavy atom. The minimum atomic E-state index is -1.03. The van der Waals surface area contributed by atoms with E-state index in [4.69, 9.17) is 5.73 Å². The van der Waals surface area contributed by atoms with Crippen molar-refractivity contribution in [3.63, 3.8) is 0 Å². The largest absolute Gasteiger partial charge is 0.396 e. The molecule has 2 rings (SSSR count). The topological polar surface area (TPSA) is 145 Å². The predicted octanol–water partition coefficient (Wildman–Crippen LogP) is 4.13. The van der Waals surface area contributed by atoms with Crippen LogP contribution in [-0.4, -0.2) is 65.3 Å². The first kappa shape index (κ1) is 36.2. The Hall–Kier alpha value is -3.01. The van der Waals surface area contributed by atoms with Gasteiger partial charge in [-0.3, -0.25) is 19.3 Å². The summed E-state index contributed by atoms with van der Waals surface area (Å²) in [6, 6.07) is 11.0. The molecular weight excluding hydrogens is 544 g/mol. The van der Waals surface area contributed by atoms with E-state index in [0.717, 1.165) is 17.2 Å². The molecule has 240 valence electrons. The number of rotatable bonds is 18. The third-order valence-corrected chi connectivity index (χ3v) is 7.67. The number of hydrogen-bond donors (Lipinski definition) is 5. The highest BCUT2D eigenvalue weighted by Gasteiger charge is 2.36. The number of benzene rings is 2. The SMILES string of the molecule is CCCC[C@@H](C(=O)N[C@@H](CC(C)C)[C@@H](O)CC(CCO)C(=O)NCC(C)C)N(C(=O)[C@H](C)N)c1cccc2ccccc12. The van der Waals surface area contributed by atoms with Crippen LogP contribution in [0.3, 0.4) is 0 Å². The number of aliphatic hydroxyl groups is 2. The van der Waals surface area contributed by atoms with Crippen LogP contribution in [-0.2, 0) is 14.4 Å². The average Bonchev–Trinajstić information content (AvgIpc) is 2.96. The lowest BCUT2D eigenvalue weighted by Crippen LogP contribution is -2.57. The molecule has 43 heavy (non-hydrogen) atoms. The summed E-state index contributed by atoms with van der Waals surface area (Å²) in [4.78, 5) is 42.3. The van der Waals surface area contributed by atoms with Crippen LogP contribution in [0, 0.1) is 17.8 Å². The van der Waals surface area contributed by atoms with E-state index >= 15 is 0 Å². The monoisotopic (exact) mass is 598 g/mol. The van der Waals surface area contributed by atoms with Gasteiger partial charge in [0.1, 0.15) is 6.04 Å². The summed E-state index contributed by atoms with van der Waals surface area (Å²) in [6.45, 7) is 12.0. The summed E-state index contributed by atoms with van der Waals surface area (Å²) in [5, 5.41) is 28.8. The molecule has 2 aromatic carbocycles. The lowest BCUT2D eigenvalue weighted by molar-refractivity contribution is -0.129. The van der Waals surface area contributed by atoms with Crippen LogP contribution >= 0.6 is 0 Å². The normalized spacial score (nSPS) is 15.1. The van der Waals surface area contributed by atoms with E-state index in [1.807, 2.05) is 77.1 Å². The molecule has 0 saturated heterocycles. The van der Waals surface area contributed by atoms with Gasteiger partial charge in [0.25, 0.3) is 0 Å². The number of carbonyl (C=O) groups excluding carboxylic acids is 3.